The average molecular weight is 328 g/mol. The Morgan fingerprint density at radius 3 is 2.92 bits per heavy atom. The second-order valence-electron chi connectivity index (χ2n) is 5.64. The molecular weight excluding hydrogens is 311 g/mol. The quantitative estimate of drug-likeness (QED) is 0.906. The van der Waals surface area contributed by atoms with Crippen LogP contribution in [0, 0.1) is 12.7 Å². The molecule has 1 aliphatic heterocycles. The highest BCUT2D eigenvalue weighted by Gasteiger charge is 2.21. The number of amides is 2. The fourth-order valence-corrected chi connectivity index (χ4v) is 2.61. The van der Waals surface area contributed by atoms with Crippen LogP contribution in [0.15, 0.2) is 36.4 Å². The summed E-state index contributed by atoms with van der Waals surface area (Å²) in [6.07, 6.45) is 0.857. The summed E-state index contributed by atoms with van der Waals surface area (Å²) >= 11 is 0. The van der Waals surface area contributed by atoms with Gasteiger partial charge in [0, 0.05) is 18.6 Å². The van der Waals surface area contributed by atoms with Gasteiger partial charge in [0.05, 0.1) is 11.4 Å². The first-order valence-corrected chi connectivity index (χ1v) is 7.63. The van der Waals surface area contributed by atoms with E-state index in [2.05, 4.69) is 10.6 Å². The van der Waals surface area contributed by atoms with E-state index in [-0.39, 0.29) is 42.0 Å². The molecule has 2 amide bonds. The molecule has 0 spiro atoms. The fourth-order valence-electron chi connectivity index (χ4n) is 2.61. The molecule has 0 fully saturated rings. The molecule has 0 bridgehead atoms. The van der Waals surface area contributed by atoms with Gasteiger partial charge >= 0.3 is 0 Å². The third kappa shape index (κ3) is 3.53. The van der Waals surface area contributed by atoms with Gasteiger partial charge in [0.25, 0.3) is 5.91 Å². The van der Waals surface area contributed by atoms with Gasteiger partial charge in [-0.2, -0.15) is 0 Å². The number of halogens is 1. The summed E-state index contributed by atoms with van der Waals surface area (Å²) in [5, 5.41) is 5.18. The zero-order valence-corrected chi connectivity index (χ0v) is 13.2. The van der Waals surface area contributed by atoms with Gasteiger partial charge in [-0.3, -0.25) is 9.59 Å². The summed E-state index contributed by atoms with van der Waals surface area (Å²) in [5.41, 5.74) is 2.66. The monoisotopic (exact) mass is 328 g/mol. The summed E-state index contributed by atoms with van der Waals surface area (Å²) in [4.78, 5) is 23.5. The molecule has 0 saturated carbocycles. The SMILES string of the molecule is Cc1ccccc1CCC(=O)Nc1cc(F)cc2c1OCC(=O)N2. The predicted molar refractivity (Wildman–Crippen MR) is 88.7 cm³/mol. The Kier molecular flexibility index (Phi) is 4.46. The highest BCUT2D eigenvalue weighted by molar-refractivity contribution is 6.00. The first-order valence-electron chi connectivity index (χ1n) is 7.63. The molecule has 124 valence electrons. The Morgan fingerprint density at radius 2 is 2.12 bits per heavy atom. The van der Waals surface area contributed by atoms with Gasteiger partial charge in [-0.25, -0.2) is 4.39 Å². The first-order chi connectivity index (χ1) is 11.5. The molecule has 0 aliphatic carbocycles. The molecule has 0 aromatic heterocycles. The molecule has 3 rings (SSSR count). The Balaban J connectivity index is 1.71. The van der Waals surface area contributed by atoms with Crippen LogP contribution >= 0.6 is 0 Å². The van der Waals surface area contributed by atoms with Crippen molar-refractivity contribution in [3.63, 3.8) is 0 Å². The fraction of sp³-hybridized carbons (Fsp3) is 0.222. The number of carbonyl (C=O) groups is 2. The van der Waals surface area contributed by atoms with Crippen molar-refractivity contribution < 1.29 is 18.7 Å². The molecule has 6 heteroatoms. The number of fused-ring (bicyclic) bond motifs is 1. The highest BCUT2D eigenvalue weighted by Crippen LogP contribution is 2.36. The number of hydrogen-bond acceptors (Lipinski definition) is 3. The molecule has 1 heterocycles. The lowest BCUT2D eigenvalue weighted by Crippen LogP contribution is -2.26. The van der Waals surface area contributed by atoms with Crippen LogP contribution in [0.5, 0.6) is 5.75 Å². The maximum Gasteiger partial charge on any atom is 0.262 e. The van der Waals surface area contributed by atoms with Crippen LogP contribution in [-0.2, 0) is 16.0 Å². The molecule has 0 radical (unpaired) electrons. The normalized spacial score (nSPS) is 12.8. The molecule has 0 saturated heterocycles. The maximum absolute atomic E-state index is 13.7. The Bertz CT molecular complexity index is 805. The predicted octanol–water partition coefficient (Wildman–Crippen LogP) is 3.04. The summed E-state index contributed by atoms with van der Waals surface area (Å²) in [5.74, 6) is -0.884. The summed E-state index contributed by atoms with van der Waals surface area (Å²) in [6, 6.07) is 10.2. The maximum atomic E-state index is 13.7. The number of ether oxygens (including phenoxy) is 1. The van der Waals surface area contributed by atoms with Crippen LogP contribution in [0.4, 0.5) is 15.8 Å². The second-order valence-corrected chi connectivity index (χ2v) is 5.64. The minimum Gasteiger partial charge on any atom is -0.479 e. The molecule has 5 nitrogen and oxygen atoms in total. The van der Waals surface area contributed by atoms with E-state index in [0.29, 0.717) is 6.42 Å². The van der Waals surface area contributed by atoms with Crippen LogP contribution in [-0.4, -0.2) is 18.4 Å². The summed E-state index contributed by atoms with van der Waals surface area (Å²) < 4.78 is 19.0. The van der Waals surface area contributed by atoms with Gasteiger partial charge in [0.1, 0.15) is 5.82 Å². The van der Waals surface area contributed by atoms with Crippen molar-refractivity contribution >= 4 is 23.2 Å². The van der Waals surface area contributed by atoms with E-state index in [0.717, 1.165) is 17.2 Å². The number of hydrogen-bond donors (Lipinski definition) is 2. The number of carbonyl (C=O) groups excluding carboxylic acids is 2. The van der Waals surface area contributed by atoms with Crippen LogP contribution in [0.2, 0.25) is 0 Å². The number of anilines is 2. The highest BCUT2D eigenvalue weighted by atomic mass is 19.1. The third-order valence-electron chi connectivity index (χ3n) is 3.83. The van der Waals surface area contributed by atoms with Gasteiger partial charge in [0.2, 0.25) is 5.91 Å². The largest absolute Gasteiger partial charge is 0.479 e. The van der Waals surface area contributed by atoms with Gasteiger partial charge in [0.15, 0.2) is 12.4 Å². The summed E-state index contributed by atoms with van der Waals surface area (Å²) in [7, 11) is 0. The second kappa shape index (κ2) is 6.70. The van der Waals surface area contributed by atoms with Gasteiger partial charge in [-0.05, 0) is 24.5 Å². The lowest BCUT2D eigenvalue weighted by atomic mass is 10.0. The van der Waals surface area contributed by atoms with Crippen molar-refractivity contribution in [1.82, 2.24) is 0 Å². The molecule has 0 atom stereocenters. The molecule has 0 unspecified atom stereocenters. The molecular formula is C18H17FN2O3. The molecule has 2 N–H and O–H groups in total. The van der Waals surface area contributed by atoms with Crippen molar-refractivity contribution in [2.75, 3.05) is 17.2 Å². The van der Waals surface area contributed by atoms with E-state index in [1.54, 1.807) is 0 Å². The van der Waals surface area contributed by atoms with Crippen molar-refractivity contribution in [3.05, 3.63) is 53.3 Å². The lowest BCUT2D eigenvalue weighted by molar-refractivity contribution is -0.118. The van der Waals surface area contributed by atoms with Crippen LogP contribution in [0.25, 0.3) is 0 Å². The number of rotatable bonds is 4. The van der Waals surface area contributed by atoms with Gasteiger partial charge in [-0.15, -0.1) is 0 Å². The van der Waals surface area contributed by atoms with E-state index in [9.17, 15) is 14.0 Å². The van der Waals surface area contributed by atoms with Crippen molar-refractivity contribution in [3.8, 4) is 5.75 Å². The Morgan fingerprint density at radius 1 is 1.33 bits per heavy atom. The minimum atomic E-state index is -0.561. The standard InChI is InChI=1S/C18H17FN2O3/c1-11-4-2-3-5-12(11)6-7-16(22)20-14-8-13(19)9-15-18(14)24-10-17(23)21-15/h2-5,8-9H,6-7,10H2,1H3,(H,20,22)(H,21,23). The van der Waals surface area contributed by atoms with Crippen molar-refractivity contribution in [1.29, 1.82) is 0 Å². The van der Waals surface area contributed by atoms with Crippen molar-refractivity contribution in [2.24, 2.45) is 0 Å². The minimum absolute atomic E-state index is 0.162. The first kappa shape index (κ1) is 16.0. The van der Waals surface area contributed by atoms with Gasteiger partial charge < -0.3 is 15.4 Å². The van der Waals surface area contributed by atoms with E-state index in [1.165, 1.54) is 6.07 Å². The number of benzene rings is 2. The van der Waals surface area contributed by atoms with Crippen LogP contribution < -0.4 is 15.4 Å². The zero-order valence-electron chi connectivity index (χ0n) is 13.2. The third-order valence-corrected chi connectivity index (χ3v) is 3.83. The summed E-state index contributed by atoms with van der Waals surface area (Å²) in [6.45, 7) is 1.83. The van der Waals surface area contributed by atoms with E-state index in [4.69, 9.17) is 4.74 Å². The molecule has 2 aromatic carbocycles. The number of aryl methyl sites for hydroxylation is 2. The Hall–Kier alpha value is -2.89. The zero-order chi connectivity index (χ0) is 17.1. The molecule has 24 heavy (non-hydrogen) atoms. The van der Waals surface area contributed by atoms with Crippen molar-refractivity contribution in [2.45, 2.75) is 19.8 Å². The van der Waals surface area contributed by atoms with E-state index >= 15 is 0 Å². The van der Waals surface area contributed by atoms with E-state index in [1.807, 2.05) is 31.2 Å². The van der Waals surface area contributed by atoms with Crippen LogP contribution in [0.3, 0.4) is 0 Å². The Labute approximate surface area is 138 Å². The topological polar surface area (TPSA) is 67.4 Å². The van der Waals surface area contributed by atoms with Gasteiger partial charge in [-0.1, -0.05) is 24.3 Å². The average Bonchev–Trinajstić information content (AvgIpc) is 2.53. The van der Waals surface area contributed by atoms with E-state index < -0.39 is 5.82 Å². The number of nitrogens with one attached hydrogen (secondary N) is 2. The molecule has 2 aromatic rings. The smallest absolute Gasteiger partial charge is 0.262 e. The van der Waals surface area contributed by atoms with Crippen LogP contribution in [0.1, 0.15) is 17.5 Å². The lowest BCUT2D eigenvalue weighted by Gasteiger charge is -2.21. The molecule has 1 aliphatic rings.